The van der Waals surface area contributed by atoms with Gasteiger partial charge in [0.05, 0.1) is 18.2 Å². The molecule has 0 spiro atoms. The molecule has 3 rings (SSSR count). The molecule has 1 heterocycles. The van der Waals surface area contributed by atoms with Crippen molar-refractivity contribution < 1.29 is 9.59 Å². The van der Waals surface area contributed by atoms with Crippen LogP contribution in [0.2, 0.25) is 0 Å². The van der Waals surface area contributed by atoms with Crippen LogP contribution in [-0.2, 0) is 16.0 Å². The lowest BCUT2D eigenvalue weighted by Crippen LogP contribution is -2.66. The largest absolute Gasteiger partial charge is 0.319 e. The van der Waals surface area contributed by atoms with Gasteiger partial charge in [-0.2, -0.15) is 5.26 Å². The molecule has 5 nitrogen and oxygen atoms in total. The number of carbonyl (C=O) groups excluding carboxylic acids is 2. The summed E-state index contributed by atoms with van der Waals surface area (Å²) in [6.07, 6.45) is 5.87. The van der Waals surface area contributed by atoms with Crippen LogP contribution in [0.3, 0.4) is 0 Å². The smallest absolute Gasteiger partial charge is 0.272 e. The van der Waals surface area contributed by atoms with Crippen LogP contribution in [0.1, 0.15) is 30.5 Å². The fourth-order valence-electron chi connectivity index (χ4n) is 3.59. The van der Waals surface area contributed by atoms with E-state index in [0.717, 1.165) is 5.56 Å². The van der Waals surface area contributed by atoms with E-state index in [9.17, 15) is 14.9 Å². The molecule has 2 amide bonds. The van der Waals surface area contributed by atoms with Crippen molar-refractivity contribution in [3.05, 3.63) is 77.0 Å². The number of hydrogen-bond acceptors (Lipinski definition) is 3. The molecule has 1 aliphatic rings. The Morgan fingerprint density at radius 3 is 2.45 bits per heavy atom. The first-order chi connectivity index (χ1) is 13.9. The molecule has 0 bridgehead atoms. The van der Waals surface area contributed by atoms with E-state index in [-0.39, 0.29) is 24.1 Å². The predicted octanol–water partition coefficient (Wildman–Crippen LogP) is 2.88. The van der Waals surface area contributed by atoms with Crippen molar-refractivity contribution in [1.29, 1.82) is 5.26 Å². The Morgan fingerprint density at radius 1 is 1.14 bits per heavy atom. The van der Waals surface area contributed by atoms with Gasteiger partial charge in [-0.1, -0.05) is 54.5 Å². The Balaban J connectivity index is 2.07. The number of allylic oxidation sites excluding steroid dienone is 1. The van der Waals surface area contributed by atoms with Gasteiger partial charge in [-0.25, -0.2) is 0 Å². The highest BCUT2D eigenvalue weighted by Gasteiger charge is 2.47. The maximum Gasteiger partial charge on any atom is 0.272 e. The van der Waals surface area contributed by atoms with Gasteiger partial charge in [0.1, 0.15) is 11.2 Å². The van der Waals surface area contributed by atoms with Gasteiger partial charge in [0.15, 0.2) is 0 Å². The molecule has 144 valence electrons. The molecular weight excluding hydrogens is 362 g/mol. The van der Waals surface area contributed by atoms with Crippen molar-refractivity contribution in [2.75, 3.05) is 6.54 Å². The Kier molecular flexibility index (Phi) is 5.52. The van der Waals surface area contributed by atoms with E-state index in [1.807, 2.05) is 30.3 Å². The van der Waals surface area contributed by atoms with Crippen molar-refractivity contribution in [2.45, 2.75) is 25.8 Å². The van der Waals surface area contributed by atoms with E-state index in [0.29, 0.717) is 23.1 Å². The number of hydrogen-bond donors (Lipinski definition) is 1. The van der Waals surface area contributed by atoms with E-state index in [4.69, 9.17) is 6.42 Å². The summed E-state index contributed by atoms with van der Waals surface area (Å²) >= 11 is 0. The van der Waals surface area contributed by atoms with E-state index in [2.05, 4.69) is 17.3 Å². The number of terminal acetylenes is 1. The highest BCUT2D eigenvalue weighted by atomic mass is 16.2. The van der Waals surface area contributed by atoms with Gasteiger partial charge in [-0.15, -0.1) is 6.42 Å². The van der Waals surface area contributed by atoms with Crippen LogP contribution >= 0.6 is 0 Å². The lowest BCUT2D eigenvalue weighted by atomic mass is 9.86. The molecule has 29 heavy (non-hydrogen) atoms. The number of nitrogens with zero attached hydrogens (tertiary/aromatic N) is 2. The first-order valence-corrected chi connectivity index (χ1v) is 9.23. The first kappa shape index (κ1) is 19.9. The van der Waals surface area contributed by atoms with E-state index < -0.39 is 5.54 Å². The molecule has 0 saturated carbocycles. The monoisotopic (exact) mass is 383 g/mol. The molecule has 1 saturated heterocycles. The molecule has 2 aromatic rings. The van der Waals surface area contributed by atoms with Gasteiger partial charge in [-0.05, 0) is 36.6 Å². The summed E-state index contributed by atoms with van der Waals surface area (Å²) in [6, 6.07) is 18.6. The van der Waals surface area contributed by atoms with Gasteiger partial charge < -0.3 is 10.2 Å². The summed E-state index contributed by atoms with van der Waals surface area (Å²) in [6.45, 7) is 3.45. The Morgan fingerprint density at radius 2 is 1.79 bits per heavy atom. The highest BCUT2D eigenvalue weighted by Crippen LogP contribution is 2.30. The summed E-state index contributed by atoms with van der Waals surface area (Å²) in [7, 11) is 0. The Bertz CT molecular complexity index is 1070. The van der Waals surface area contributed by atoms with Gasteiger partial charge in [0.2, 0.25) is 0 Å². The molecule has 1 unspecified atom stereocenters. The van der Waals surface area contributed by atoms with E-state index in [1.165, 1.54) is 4.90 Å². The summed E-state index contributed by atoms with van der Waals surface area (Å²) in [5, 5.41) is 12.2. The minimum atomic E-state index is -1.12. The average molecular weight is 383 g/mol. The molecule has 1 N–H and O–H groups in total. The number of rotatable bonds is 4. The molecule has 0 radical (unpaired) electrons. The summed E-state index contributed by atoms with van der Waals surface area (Å²) in [4.78, 5) is 28.0. The molecule has 0 aliphatic carbocycles. The maximum atomic E-state index is 13.4. The van der Waals surface area contributed by atoms with Crippen LogP contribution in [0.15, 0.2) is 60.3 Å². The first-order valence-electron chi connectivity index (χ1n) is 9.23. The van der Waals surface area contributed by atoms with Gasteiger partial charge >= 0.3 is 0 Å². The zero-order chi connectivity index (χ0) is 21.0. The molecule has 1 atom stereocenters. The van der Waals surface area contributed by atoms with Crippen LogP contribution in [0.25, 0.3) is 5.57 Å². The topological polar surface area (TPSA) is 73.2 Å². The van der Waals surface area contributed by atoms with Crippen molar-refractivity contribution in [1.82, 2.24) is 10.2 Å². The van der Waals surface area contributed by atoms with Crippen LogP contribution in [0.5, 0.6) is 0 Å². The third-order valence-electron chi connectivity index (χ3n) is 5.25. The third-order valence-corrected chi connectivity index (χ3v) is 5.25. The summed E-state index contributed by atoms with van der Waals surface area (Å²) < 4.78 is 0. The number of piperazine rings is 1. The minimum absolute atomic E-state index is 0.00621. The molecule has 0 aromatic heterocycles. The zero-order valence-electron chi connectivity index (χ0n) is 16.4. The van der Waals surface area contributed by atoms with E-state index >= 15 is 0 Å². The number of nitriles is 1. The average Bonchev–Trinajstić information content (AvgIpc) is 2.74. The molecule has 2 aromatic carbocycles. The normalized spacial score (nSPS) is 20.5. The predicted molar refractivity (Wildman–Crippen MR) is 111 cm³/mol. The van der Waals surface area contributed by atoms with Gasteiger partial charge in [0.25, 0.3) is 11.8 Å². The fraction of sp³-hybridized carbons (Fsp3) is 0.208. The highest BCUT2D eigenvalue weighted by molar-refractivity contribution is 6.11. The van der Waals surface area contributed by atoms with Gasteiger partial charge in [-0.3, -0.25) is 9.59 Å². The minimum Gasteiger partial charge on any atom is -0.319 e. The van der Waals surface area contributed by atoms with Crippen LogP contribution < -0.4 is 5.32 Å². The van der Waals surface area contributed by atoms with Crippen LogP contribution in [0.4, 0.5) is 0 Å². The lowest BCUT2D eigenvalue weighted by molar-refractivity contribution is -0.148. The standard InChI is InChI=1S/C24H21N3O2/c1-4-14-27-22(28)21(17(2)20-13-9-8-12-19(20)16-25)26-23(29)24(27,3)15-18-10-6-5-7-11-18/h1,5-13H,14-15H2,2-3H3,(H,26,29). The Labute approximate surface area is 170 Å². The van der Waals surface area contributed by atoms with E-state index in [1.54, 1.807) is 38.1 Å². The second kappa shape index (κ2) is 8.04. The number of carbonyl (C=O) groups is 2. The number of benzene rings is 2. The molecule has 1 aliphatic heterocycles. The second-order valence-electron chi connectivity index (χ2n) is 7.14. The Hall–Kier alpha value is -3.83. The van der Waals surface area contributed by atoms with Gasteiger partial charge in [0, 0.05) is 6.42 Å². The number of nitrogens with one attached hydrogen (secondary N) is 1. The molecule has 1 fully saturated rings. The summed E-state index contributed by atoms with van der Waals surface area (Å²) in [5.74, 6) is 1.84. The maximum absolute atomic E-state index is 13.4. The lowest BCUT2D eigenvalue weighted by Gasteiger charge is -2.44. The quantitative estimate of drug-likeness (QED) is 0.652. The SMILES string of the molecule is C#CCN1C(=O)C(=C(C)c2ccccc2C#N)NC(=O)C1(C)Cc1ccccc1. The van der Waals surface area contributed by atoms with Crippen molar-refractivity contribution >= 4 is 17.4 Å². The zero-order valence-corrected chi connectivity index (χ0v) is 16.4. The molecular formula is C24H21N3O2. The van der Waals surface area contributed by atoms with Crippen molar-refractivity contribution in [3.63, 3.8) is 0 Å². The molecule has 5 heteroatoms. The van der Waals surface area contributed by atoms with Crippen LogP contribution in [0, 0.1) is 23.7 Å². The second-order valence-corrected chi connectivity index (χ2v) is 7.14. The number of amides is 2. The fourth-order valence-corrected chi connectivity index (χ4v) is 3.59. The summed E-state index contributed by atoms with van der Waals surface area (Å²) in [5.41, 5.74) is 1.52. The van der Waals surface area contributed by atoms with Crippen LogP contribution in [-0.4, -0.2) is 28.8 Å². The van der Waals surface area contributed by atoms with Crippen molar-refractivity contribution in [3.8, 4) is 18.4 Å². The third kappa shape index (κ3) is 3.63. The van der Waals surface area contributed by atoms with Crippen molar-refractivity contribution in [2.24, 2.45) is 0 Å².